The largest absolute Gasteiger partial charge is 0.487 e. The van der Waals surface area contributed by atoms with Crippen LogP contribution in [0.1, 0.15) is 18.4 Å². The molecule has 0 aromatic heterocycles. The van der Waals surface area contributed by atoms with Crippen LogP contribution in [0.4, 0.5) is 5.69 Å². The van der Waals surface area contributed by atoms with Crippen molar-refractivity contribution >= 4 is 5.69 Å². The average Bonchev–Trinajstić information content (AvgIpc) is 2.34. The lowest BCUT2D eigenvalue weighted by Crippen LogP contribution is -2.01. The first kappa shape index (κ1) is 12.9. The maximum absolute atomic E-state index is 10.8. The Labute approximate surface area is 98.2 Å². The van der Waals surface area contributed by atoms with Crippen LogP contribution in [-0.2, 0) is 6.61 Å². The number of hydrogen-bond acceptors (Lipinski definition) is 5. The third kappa shape index (κ3) is 3.74. The first-order valence-electron chi connectivity index (χ1n) is 5.07. The van der Waals surface area contributed by atoms with E-state index in [1.165, 1.54) is 12.1 Å². The number of aliphatic hydroxyl groups excluding tert-OH is 1. The van der Waals surface area contributed by atoms with E-state index in [4.69, 9.17) is 15.1 Å². The molecule has 0 bridgehead atoms. The Bertz CT molecular complexity index is 440. The molecular formula is C11H12N2O4. The molecule has 0 fully saturated rings. The van der Waals surface area contributed by atoms with E-state index in [0.717, 1.165) is 0 Å². The van der Waals surface area contributed by atoms with Crippen LogP contribution in [0.15, 0.2) is 18.2 Å². The van der Waals surface area contributed by atoms with Crippen molar-refractivity contribution in [2.45, 2.75) is 19.4 Å². The smallest absolute Gasteiger partial charge is 0.311 e. The van der Waals surface area contributed by atoms with Gasteiger partial charge in [-0.15, -0.1) is 0 Å². The highest BCUT2D eigenvalue weighted by atomic mass is 16.6. The second kappa shape index (κ2) is 6.45. The monoisotopic (exact) mass is 236 g/mol. The standard InChI is InChI=1S/C11H12N2O4/c12-5-1-2-6-17-11-4-3-9(8-14)7-10(11)13(15)16/h3-4,7,14H,1-2,6,8H2. The van der Waals surface area contributed by atoms with Crippen LogP contribution in [0.25, 0.3) is 0 Å². The second-order valence-corrected chi connectivity index (χ2v) is 3.33. The SMILES string of the molecule is N#CCCCOc1ccc(CO)cc1[N+](=O)[O-]. The molecule has 0 atom stereocenters. The van der Waals surface area contributed by atoms with Crippen molar-refractivity contribution < 1.29 is 14.8 Å². The number of nitrogens with zero attached hydrogens (tertiary/aromatic N) is 2. The highest BCUT2D eigenvalue weighted by Gasteiger charge is 2.15. The Hall–Kier alpha value is -2.13. The summed E-state index contributed by atoms with van der Waals surface area (Å²) in [7, 11) is 0. The summed E-state index contributed by atoms with van der Waals surface area (Å²) in [4.78, 5) is 10.2. The molecule has 0 spiro atoms. The Kier molecular flexibility index (Phi) is 4.91. The topological polar surface area (TPSA) is 96.4 Å². The van der Waals surface area contributed by atoms with Gasteiger partial charge in [0.15, 0.2) is 5.75 Å². The summed E-state index contributed by atoms with van der Waals surface area (Å²) in [6.07, 6.45) is 0.873. The third-order valence-corrected chi connectivity index (χ3v) is 2.09. The molecule has 6 nitrogen and oxygen atoms in total. The lowest BCUT2D eigenvalue weighted by Gasteiger charge is -2.06. The van der Waals surface area contributed by atoms with Gasteiger partial charge in [-0.1, -0.05) is 6.07 Å². The van der Waals surface area contributed by atoms with Crippen molar-refractivity contribution in [2.24, 2.45) is 0 Å². The predicted molar refractivity (Wildman–Crippen MR) is 59.4 cm³/mol. The van der Waals surface area contributed by atoms with Crippen LogP contribution in [0.5, 0.6) is 5.75 Å². The van der Waals surface area contributed by atoms with Gasteiger partial charge in [0.2, 0.25) is 0 Å². The molecular weight excluding hydrogens is 224 g/mol. The first-order chi connectivity index (χ1) is 8.19. The normalized spacial score (nSPS) is 9.65. The summed E-state index contributed by atoms with van der Waals surface area (Å²) < 4.78 is 5.23. The molecule has 0 amide bonds. The highest BCUT2D eigenvalue weighted by Crippen LogP contribution is 2.28. The van der Waals surface area contributed by atoms with E-state index >= 15 is 0 Å². The third-order valence-electron chi connectivity index (χ3n) is 2.09. The Morgan fingerprint density at radius 2 is 2.29 bits per heavy atom. The fourth-order valence-electron chi connectivity index (χ4n) is 1.26. The maximum atomic E-state index is 10.8. The molecule has 17 heavy (non-hydrogen) atoms. The molecule has 6 heteroatoms. The second-order valence-electron chi connectivity index (χ2n) is 3.33. The van der Waals surface area contributed by atoms with E-state index in [1.54, 1.807) is 6.07 Å². The fraction of sp³-hybridized carbons (Fsp3) is 0.364. The van der Waals surface area contributed by atoms with Gasteiger partial charge in [-0.05, 0) is 18.1 Å². The van der Waals surface area contributed by atoms with E-state index in [9.17, 15) is 10.1 Å². The summed E-state index contributed by atoms with van der Waals surface area (Å²) in [5.74, 6) is 0.158. The molecule has 90 valence electrons. The molecule has 1 aromatic carbocycles. The predicted octanol–water partition coefficient (Wildman–Crippen LogP) is 1.77. The van der Waals surface area contributed by atoms with Gasteiger partial charge in [-0.2, -0.15) is 5.26 Å². The van der Waals surface area contributed by atoms with Crippen molar-refractivity contribution in [3.63, 3.8) is 0 Å². The number of rotatable bonds is 6. The number of nitro groups is 1. The van der Waals surface area contributed by atoms with Crippen molar-refractivity contribution in [1.29, 1.82) is 5.26 Å². The molecule has 0 saturated carbocycles. The van der Waals surface area contributed by atoms with Gasteiger partial charge in [0, 0.05) is 12.5 Å². The number of nitriles is 1. The van der Waals surface area contributed by atoms with Crippen molar-refractivity contribution in [1.82, 2.24) is 0 Å². The molecule has 0 heterocycles. The Morgan fingerprint density at radius 1 is 1.53 bits per heavy atom. The Balaban J connectivity index is 2.77. The van der Waals surface area contributed by atoms with E-state index in [0.29, 0.717) is 18.4 Å². The lowest BCUT2D eigenvalue weighted by molar-refractivity contribution is -0.386. The molecule has 1 aromatic rings. The number of unbranched alkanes of at least 4 members (excludes halogenated alkanes) is 1. The van der Waals surface area contributed by atoms with Gasteiger partial charge in [0.25, 0.3) is 0 Å². The van der Waals surface area contributed by atoms with Gasteiger partial charge in [0.05, 0.1) is 24.2 Å². The summed E-state index contributed by atoms with van der Waals surface area (Å²) in [6.45, 7) is 0.00240. The molecule has 1 N–H and O–H groups in total. The zero-order chi connectivity index (χ0) is 12.7. The highest BCUT2D eigenvalue weighted by molar-refractivity contribution is 5.48. The van der Waals surface area contributed by atoms with Crippen LogP contribution in [0.2, 0.25) is 0 Å². The Morgan fingerprint density at radius 3 is 2.88 bits per heavy atom. The van der Waals surface area contributed by atoms with Crippen molar-refractivity contribution in [3.05, 3.63) is 33.9 Å². The zero-order valence-corrected chi connectivity index (χ0v) is 9.13. The van der Waals surface area contributed by atoms with Crippen LogP contribution in [0, 0.1) is 21.4 Å². The van der Waals surface area contributed by atoms with Crippen LogP contribution in [0.3, 0.4) is 0 Å². The minimum atomic E-state index is -0.557. The summed E-state index contributed by atoms with van der Waals surface area (Å²) in [5.41, 5.74) is 0.287. The maximum Gasteiger partial charge on any atom is 0.311 e. The van der Waals surface area contributed by atoms with E-state index < -0.39 is 4.92 Å². The van der Waals surface area contributed by atoms with Crippen LogP contribution >= 0.6 is 0 Å². The van der Waals surface area contributed by atoms with Crippen LogP contribution < -0.4 is 4.74 Å². The average molecular weight is 236 g/mol. The lowest BCUT2D eigenvalue weighted by atomic mass is 10.2. The molecule has 0 saturated heterocycles. The number of aliphatic hydroxyl groups is 1. The molecule has 0 aliphatic carbocycles. The minimum absolute atomic E-state index is 0.158. The van der Waals surface area contributed by atoms with Gasteiger partial charge in [-0.25, -0.2) is 0 Å². The fourth-order valence-corrected chi connectivity index (χ4v) is 1.26. The number of nitro benzene ring substituents is 1. The molecule has 0 radical (unpaired) electrons. The van der Waals surface area contributed by atoms with Gasteiger partial charge >= 0.3 is 5.69 Å². The van der Waals surface area contributed by atoms with E-state index in [1.807, 2.05) is 6.07 Å². The van der Waals surface area contributed by atoms with Crippen molar-refractivity contribution in [3.8, 4) is 11.8 Å². The molecule has 0 unspecified atom stereocenters. The van der Waals surface area contributed by atoms with Gasteiger partial charge in [0.1, 0.15) is 0 Å². The molecule has 1 rings (SSSR count). The summed E-state index contributed by atoms with van der Waals surface area (Å²) in [6, 6.07) is 6.26. The quantitative estimate of drug-likeness (QED) is 0.461. The first-order valence-corrected chi connectivity index (χ1v) is 5.07. The van der Waals surface area contributed by atoms with Gasteiger partial charge in [-0.3, -0.25) is 10.1 Å². The van der Waals surface area contributed by atoms with Gasteiger partial charge < -0.3 is 9.84 Å². The number of benzene rings is 1. The number of hydrogen-bond donors (Lipinski definition) is 1. The molecule has 0 aliphatic heterocycles. The zero-order valence-electron chi connectivity index (χ0n) is 9.13. The minimum Gasteiger partial charge on any atom is -0.487 e. The van der Waals surface area contributed by atoms with Crippen molar-refractivity contribution in [2.75, 3.05) is 6.61 Å². The van der Waals surface area contributed by atoms with Crippen LogP contribution in [-0.4, -0.2) is 16.6 Å². The number of ether oxygens (including phenoxy) is 1. The van der Waals surface area contributed by atoms with E-state index in [2.05, 4.69) is 0 Å². The molecule has 0 aliphatic rings. The summed E-state index contributed by atoms with van der Waals surface area (Å²) in [5, 5.41) is 28.0. The summed E-state index contributed by atoms with van der Waals surface area (Å²) >= 11 is 0. The van der Waals surface area contributed by atoms with E-state index in [-0.39, 0.29) is 24.7 Å².